The van der Waals surface area contributed by atoms with Crippen molar-refractivity contribution in [3.63, 3.8) is 0 Å². The number of carbonyl (C=O) groups is 2. The Hall–Kier alpha value is -2.57. The predicted octanol–water partition coefficient (Wildman–Crippen LogP) is 4.45. The molecule has 4 rings (SSSR count). The van der Waals surface area contributed by atoms with Crippen LogP contribution < -0.4 is 14.8 Å². The third-order valence-electron chi connectivity index (χ3n) is 6.53. The van der Waals surface area contributed by atoms with E-state index < -0.39 is 0 Å². The van der Waals surface area contributed by atoms with Crippen LogP contribution in [0.1, 0.15) is 35.2 Å². The summed E-state index contributed by atoms with van der Waals surface area (Å²) in [6.07, 6.45) is 3.66. The van der Waals surface area contributed by atoms with Crippen molar-refractivity contribution < 1.29 is 19.1 Å². The van der Waals surface area contributed by atoms with Gasteiger partial charge in [-0.2, -0.15) is 0 Å². The highest BCUT2D eigenvalue weighted by Crippen LogP contribution is 2.39. The number of likely N-dealkylation sites (tertiary alicyclic amines) is 1. The molecule has 1 N–H and O–H groups in total. The van der Waals surface area contributed by atoms with E-state index in [4.69, 9.17) is 21.1 Å². The molecule has 0 spiro atoms. The van der Waals surface area contributed by atoms with Crippen molar-refractivity contribution in [1.82, 2.24) is 4.90 Å². The van der Waals surface area contributed by atoms with E-state index in [1.807, 2.05) is 12.1 Å². The molecule has 0 radical (unpaired) electrons. The van der Waals surface area contributed by atoms with Crippen LogP contribution in [-0.4, -0.2) is 50.4 Å². The zero-order chi connectivity index (χ0) is 22.7. The molecule has 6 nitrogen and oxygen atoms in total. The highest BCUT2D eigenvalue weighted by molar-refractivity contribution is 6.30. The van der Waals surface area contributed by atoms with E-state index in [1.165, 1.54) is 0 Å². The Kier molecular flexibility index (Phi) is 7.01. The van der Waals surface area contributed by atoms with Gasteiger partial charge in [0, 0.05) is 22.2 Å². The van der Waals surface area contributed by atoms with Crippen LogP contribution >= 0.6 is 11.6 Å². The fraction of sp³-hybridized carbons (Fsp3) is 0.440. The summed E-state index contributed by atoms with van der Waals surface area (Å²) in [5.41, 5.74) is 2.57. The minimum Gasteiger partial charge on any atom is -0.493 e. The van der Waals surface area contributed by atoms with Crippen molar-refractivity contribution in [3.05, 3.63) is 52.5 Å². The molecule has 2 aromatic rings. The third kappa shape index (κ3) is 5.08. The number of nitrogens with zero attached hydrogens (tertiary/aromatic N) is 1. The summed E-state index contributed by atoms with van der Waals surface area (Å²) in [6.45, 7) is 2.12. The van der Waals surface area contributed by atoms with Crippen molar-refractivity contribution in [2.75, 3.05) is 39.2 Å². The van der Waals surface area contributed by atoms with E-state index in [1.54, 1.807) is 38.5 Å². The van der Waals surface area contributed by atoms with E-state index >= 15 is 0 Å². The minimum absolute atomic E-state index is 0.0184. The van der Waals surface area contributed by atoms with Crippen LogP contribution in [0.4, 0.5) is 5.69 Å². The maximum absolute atomic E-state index is 13.0. The lowest BCUT2D eigenvalue weighted by atomic mass is 9.85. The van der Waals surface area contributed by atoms with Crippen molar-refractivity contribution in [2.45, 2.75) is 25.7 Å². The van der Waals surface area contributed by atoms with Gasteiger partial charge in [0.2, 0.25) is 5.91 Å². The lowest BCUT2D eigenvalue weighted by Crippen LogP contribution is -2.39. The first kappa shape index (κ1) is 22.6. The number of ether oxygens (including phenoxy) is 2. The van der Waals surface area contributed by atoms with E-state index in [2.05, 4.69) is 10.2 Å². The highest BCUT2D eigenvalue weighted by Gasteiger charge is 2.34. The van der Waals surface area contributed by atoms with Crippen LogP contribution in [0.2, 0.25) is 5.02 Å². The second-order valence-corrected chi connectivity index (χ2v) is 9.08. The van der Waals surface area contributed by atoms with Gasteiger partial charge in [0.25, 0.3) is 0 Å². The maximum atomic E-state index is 13.0. The SMILES string of the molecule is COc1cc2c(cc1OC)C(=O)C(CC1CCN(CC(=O)Nc3ccc(Cl)cc3)CC1)C2. The van der Waals surface area contributed by atoms with Crippen molar-refractivity contribution in [3.8, 4) is 11.5 Å². The number of carbonyl (C=O) groups excluding carboxylic acids is 2. The quantitative estimate of drug-likeness (QED) is 0.666. The first-order valence-corrected chi connectivity index (χ1v) is 11.4. The number of ketones is 1. The average molecular weight is 457 g/mol. The third-order valence-corrected chi connectivity index (χ3v) is 6.78. The zero-order valence-corrected chi connectivity index (χ0v) is 19.3. The number of methoxy groups -OCH3 is 2. The molecule has 1 saturated heterocycles. The van der Waals surface area contributed by atoms with Gasteiger partial charge < -0.3 is 14.8 Å². The molecule has 32 heavy (non-hydrogen) atoms. The fourth-order valence-corrected chi connectivity index (χ4v) is 4.93. The van der Waals surface area contributed by atoms with Crippen LogP contribution in [0, 0.1) is 11.8 Å². The summed E-state index contributed by atoms with van der Waals surface area (Å²) in [4.78, 5) is 27.5. The molecule has 2 aliphatic rings. The van der Waals surface area contributed by atoms with Crippen molar-refractivity contribution >= 4 is 29.0 Å². The smallest absolute Gasteiger partial charge is 0.238 e. The molecule has 170 valence electrons. The largest absolute Gasteiger partial charge is 0.493 e. The minimum atomic E-state index is -0.0184. The van der Waals surface area contributed by atoms with Crippen LogP contribution in [-0.2, 0) is 11.2 Å². The molecule has 0 aromatic heterocycles. The fourth-order valence-electron chi connectivity index (χ4n) is 4.81. The van der Waals surface area contributed by atoms with Gasteiger partial charge in [-0.15, -0.1) is 0 Å². The number of nitrogens with one attached hydrogen (secondary N) is 1. The number of fused-ring (bicyclic) bond motifs is 1. The van der Waals surface area contributed by atoms with Gasteiger partial charge in [-0.05, 0) is 86.7 Å². The molecule has 1 aliphatic carbocycles. The number of rotatable bonds is 7. The number of amides is 1. The topological polar surface area (TPSA) is 67.9 Å². The monoisotopic (exact) mass is 456 g/mol. The van der Waals surface area contributed by atoms with Crippen LogP contribution in [0.3, 0.4) is 0 Å². The van der Waals surface area contributed by atoms with E-state index in [0.29, 0.717) is 29.0 Å². The Morgan fingerprint density at radius 2 is 1.75 bits per heavy atom. The van der Waals surface area contributed by atoms with E-state index in [9.17, 15) is 9.59 Å². The predicted molar refractivity (Wildman–Crippen MR) is 125 cm³/mol. The first-order valence-electron chi connectivity index (χ1n) is 11.0. The lowest BCUT2D eigenvalue weighted by molar-refractivity contribution is -0.117. The van der Waals surface area contributed by atoms with Crippen LogP contribution in [0.15, 0.2) is 36.4 Å². The molecule has 1 aliphatic heterocycles. The summed E-state index contributed by atoms with van der Waals surface area (Å²) in [7, 11) is 3.20. The molecule has 1 heterocycles. The average Bonchev–Trinajstić information content (AvgIpc) is 3.10. The van der Waals surface area contributed by atoms with Gasteiger partial charge in [-0.25, -0.2) is 0 Å². The summed E-state index contributed by atoms with van der Waals surface area (Å²) < 4.78 is 10.7. The molecule has 2 aromatic carbocycles. The Bertz CT molecular complexity index is 984. The van der Waals surface area contributed by atoms with Gasteiger partial charge in [-0.1, -0.05) is 11.6 Å². The second-order valence-electron chi connectivity index (χ2n) is 8.64. The highest BCUT2D eigenvalue weighted by atomic mass is 35.5. The number of halogens is 1. The summed E-state index contributed by atoms with van der Waals surface area (Å²) in [5, 5.41) is 3.56. The number of hydrogen-bond donors (Lipinski definition) is 1. The second kappa shape index (κ2) is 9.92. The zero-order valence-electron chi connectivity index (χ0n) is 18.5. The number of benzene rings is 2. The van der Waals surface area contributed by atoms with Crippen molar-refractivity contribution in [1.29, 1.82) is 0 Å². The molecule has 1 atom stereocenters. The van der Waals surface area contributed by atoms with Crippen molar-refractivity contribution in [2.24, 2.45) is 11.8 Å². The molecule has 0 bridgehead atoms. The Morgan fingerprint density at radius 3 is 2.41 bits per heavy atom. The Labute approximate surface area is 193 Å². The molecule has 1 amide bonds. The maximum Gasteiger partial charge on any atom is 0.238 e. The molecule has 1 unspecified atom stereocenters. The first-order chi connectivity index (χ1) is 15.5. The standard InChI is InChI=1S/C25H29ClN2O4/c1-31-22-13-17-12-18(25(30)21(17)14-23(22)32-2)11-16-7-9-28(10-8-16)15-24(29)27-20-5-3-19(26)4-6-20/h3-6,13-14,16,18H,7-12,15H2,1-2H3,(H,27,29). The number of hydrogen-bond acceptors (Lipinski definition) is 5. The lowest BCUT2D eigenvalue weighted by Gasteiger charge is -2.32. The van der Waals surface area contributed by atoms with Crippen LogP contribution in [0.25, 0.3) is 0 Å². The molecule has 0 saturated carbocycles. The van der Waals surface area contributed by atoms with Gasteiger partial charge >= 0.3 is 0 Å². The summed E-state index contributed by atoms with van der Waals surface area (Å²) in [6, 6.07) is 10.9. The number of anilines is 1. The van der Waals surface area contributed by atoms with E-state index in [0.717, 1.165) is 55.6 Å². The van der Waals surface area contributed by atoms with E-state index in [-0.39, 0.29) is 17.6 Å². The number of piperidine rings is 1. The molecular weight excluding hydrogens is 428 g/mol. The Morgan fingerprint density at radius 1 is 1.09 bits per heavy atom. The molecule has 1 fully saturated rings. The van der Waals surface area contributed by atoms with Gasteiger partial charge in [-0.3, -0.25) is 14.5 Å². The van der Waals surface area contributed by atoms with Gasteiger partial charge in [0.1, 0.15) is 0 Å². The van der Waals surface area contributed by atoms with Gasteiger partial charge in [0.15, 0.2) is 17.3 Å². The number of Topliss-reactive ketones (excluding diaryl/α,β-unsaturated/α-hetero) is 1. The Balaban J connectivity index is 1.26. The summed E-state index contributed by atoms with van der Waals surface area (Å²) >= 11 is 5.89. The molecular formula is C25H29ClN2O4. The van der Waals surface area contributed by atoms with Gasteiger partial charge in [0.05, 0.1) is 20.8 Å². The van der Waals surface area contributed by atoms with Crippen LogP contribution in [0.5, 0.6) is 11.5 Å². The summed E-state index contributed by atoms with van der Waals surface area (Å²) in [5.74, 6) is 1.99. The molecule has 7 heteroatoms. The normalized spacial score (nSPS) is 19.0.